The lowest BCUT2D eigenvalue weighted by Crippen LogP contribution is -1.91. The molecule has 0 radical (unpaired) electrons. The third-order valence-corrected chi connectivity index (χ3v) is 3.69. The highest BCUT2D eigenvalue weighted by atomic mass is 79.9. The van der Waals surface area contributed by atoms with Gasteiger partial charge in [0.15, 0.2) is 0 Å². The van der Waals surface area contributed by atoms with Gasteiger partial charge in [-0.25, -0.2) is 0 Å². The van der Waals surface area contributed by atoms with Crippen LogP contribution in [0.4, 0.5) is 0 Å². The van der Waals surface area contributed by atoms with Crippen molar-refractivity contribution in [1.82, 2.24) is 0 Å². The minimum atomic E-state index is -0.530. The van der Waals surface area contributed by atoms with Crippen LogP contribution in [0.1, 0.15) is 25.2 Å². The highest BCUT2D eigenvalue weighted by molar-refractivity contribution is 9.11. The van der Waals surface area contributed by atoms with Crippen molar-refractivity contribution in [3.63, 3.8) is 0 Å². The van der Waals surface area contributed by atoms with Crippen molar-refractivity contribution in [3.05, 3.63) is 45.0 Å². The van der Waals surface area contributed by atoms with Crippen molar-refractivity contribution in [2.24, 2.45) is 0 Å². The van der Waals surface area contributed by atoms with E-state index in [4.69, 9.17) is 4.42 Å². The number of aliphatic hydroxyl groups excluding tert-OH is 1. The van der Waals surface area contributed by atoms with E-state index in [0.717, 1.165) is 20.3 Å². The minimum absolute atomic E-state index is 0.530. The molecule has 0 spiro atoms. The van der Waals surface area contributed by atoms with Crippen LogP contribution in [0.25, 0.3) is 11.3 Å². The molecule has 90 valence electrons. The Labute approximate surface area is 117 Å². The van der Waals surface area contributed by atoms with Crippen LogP contribution in [0.2, 0.25) is 0 Å². The lowest BCUT2D eigenvalue weighted by atomic mass is 10.2. The number of hydrogen-bond acceptors (Lipinski definition) is 2. The molecular weight excluding hydrogens is 348 g/mol. The zero-order valence-electron chi connectivity index (χ0n) is 9.28. The molecule has 1 aromatic heterocycles. The fourth-order valence-electron chi connectivity index (χ4n) is 1.57. The third kappa shape index (κ3) is 2.81. The summed E-state index contributed by atoms with van der Waals surface area (Å²) in [7, 11) is 0. The largest absolute Gasteiger partial charge is 0.458 e. The predicted molar refractivity (Wildman–Crippen MR) is 74.8 cm³/mol. The summed E-state index contributed by atoms with van der Waals surface area (Å²) < 4.78 is 7.61. The fraction of sp³-hybridized carbons (Fsp3) is 0.231. The van der Waals surface area contributed by atoms with E-state index in [1.165, 1.54) is 0 Å². The van der Waals surface area contributed by atoms with E-state index in [1.807, 2.05) is 37.3 Å². The van der Waals surface area contributed by atoms with Crippen molar-refractivity contribution in [3.8, 4) is 11.3 Å². The normalized spacial score (nSPS) is 12.7. The maximum absolute atomic E-state index is 9.69. The van der Waals surface area contributed by atoms with E-state index in [2.05, 4.69) is 31.9 Å². The van der Waals surface area contributed by atoms with Crippen LogP contribution in [0.15, 0.2) is 43.7 Å². The maximum atomic E-state index is 9.69. The van der Waals surface area contributed by atoms with E-state index in [1.54, 1.807) is 0 Å². The summed E-state index contributed by atoms with van der Waals surface area (Å²) in [4.78, 5) is 0. The first-order valence-electron chi connectivity index (χ1n) is 5.35. The lowest BCUT2D eigenvalue weighted by Gasteiger charge is -2.04. The molecule has 0 saturated heterocycles. The predicted octanol–water partition coefficient (Wildman–Crippen LogP) is 4.92. The summed E-state index contributed by atoms with van der Waals surface area (Å²) in [6.45, 7) is 1.92. The Morgan fingerprint density at radius 1 is 1.24 bits per heavy atom. The minimum Gasteiger partial charge on any atom is -0.458 e. The number of aliphatic hydroxyl groups is 1. The highest BCUT2D eigenvalue weighted by Gasteiger charge is 2.13. The molecule has 1 unspecified atom stereocenters. The molecule has 0 bridgehead atoms. The Morgan fingerprint density at radius 2 is 2.00 bits per heavy atom. The van der Waals surface area contributed by atoms with Crippen molar-refractivity contribution < 1.29 is 9.52 Å². The van der Waals surface area contributed by atoms with Gasteiger partial charge in [-0.15, -0.1) is 0 Å². The molecule has 2 rings (SSSR count). The van der Waals surface area contributed by atoms with Gasteiger partial charge in [-0.1, -0.05) is 22.9 Å². The van der Waals surface area contributed by atoms with E-state index >= 15 is 0 Å². The monoisotopic (exact) mass is 358 g/mol. The maximum Gasteiger partial charge on any atom is 0.135 e. The SMILES string of the molecule is CCC(O)c1ccc(-c2ccc(Br)cc2Br)o1. The zero-order valence-corrected chi connectivity index (χ0v) is 12.5. The topological polar surface area (TPSA) is 33.4 Å². The molecule has 1 heterocycles. The average molecular weight is 360 g/mol. The van der Waals surface area contributed by atoms with Gasteiger partial charge in [-0.3, -0.25) is 0 Å². The van der Waals surface area contributed by atoms with Crippen LogP contribution < -0.4 is 0 Å². The van der Waals surface area contributed by atoms with Gasteiger partial charge in [-0.05, 0) is 52.7 Å². The van der Waals surface area contributed by atoms with Gasteiger partial charge in [0.25, 0.3) is 0 Å². The van der Waals surface area contributed by atoms with E-state index in [0.29, 0.717) is 12.2 Å². The number of rotatable bonds is 3. The fourth-order valence-corrected chi connectivity index (χ4v) is 2.81. The average Bonchev–Trinajstić information content (AvgIpc) is 2.77. The molecule has 0 fully saturated rings. The molecule has 2 nitrogen and oxygen atoms in total. The van der Waals surface area contributed by atoms with Crippen LogP contribution in [0.3, 0.4) is 0 Å². The van der Waals surface area contributed by atoms with Gasteiger partial charge < -0.3 is 9.52 Å². The Balaban J connectivity index is 2.37. The summed E-state index contributed by atoms with van der Waals surface area (Å²) in [5, 5.41) is 9.69. The van der Waals surface area contributed by atoms with Crippen molar-refractivity contribution in [2.45, 2.75) is 19.4 Å². The third-order valence-electron chi connectivity index (χ3n) is 2.54. The van der Waals surface area contributed by atoms with Gasteiger partial charge in [0, 0.05) is 14.5 Å². The molecule has 2 aromatic rings. The Morgan fingerprint density at radius 3 is 2.65 bits per heavy atom. The molecule has 0 aliphatic rings. The van der Waals surface area contributed by atoms with Crippen LogP contribution in [0.5, 0.6) is 0 Å². The summed E-state index contributed by atoms with van der Waals surface area (Å²) >= 11 is 6.90. The zero-order chi connectivity index (χ0) is 12.4. The number of hydrogen-bond donors (Lipinski definition) is 1. The first kappa shape index (κ1) is 12.9. The number of furan rings is 1. The van der Waals surface area contributed by atoms with E-state index in [-0.39, 0.29) is 0 Å². The molecule has 1 atom stereocenters. The first-order valence-corrected chi connectivity index (χ1v) is 6.93. The first-order chi connectivity index (χ1) is 8.11. The second-order valence-electron chi connectivity index (χ2n) is 3.75. The van der Waals surface area contributed by atoms with Gasteiger partial charge in [0.05, 0.1) is 0 Å². The molecule has 0 aliphatic heterocycles. The quantitative estimate of drug-likeness (QED) is 0.844. The molecule has 0 saturated carbocycles. The number of benzene rings is 1. The Kier molecular flexibility index (Phi) is 4.07. The van der Waals surface area contributed by atoms with Gasteiger partial charge >= 0.3 is 0 Å². The van der Waals surface area contributed by atoms with Gasteiger partial charge in [-0.2, -0.15) is 0 Å². The van der Waals surface area contributed by atoms with Crippen LogP contribution in [-0.2, 0) is 0 Å². The molecule has 0 amide bonds. The molecule has 1 aromatic carbocycles. The molecule has 17 heavy (non-hydrogen) atoms. The van der Waals surface area contributed by atoms with Gasteiger partial charge in [0.2, 0.25) is 0 Å². The van der Waals surface area contributed by atoms with Crippen molar-refractivity contribution in [2.75, 3.05) is 0 Å². The molecule has 4 heteroatoms. The summed E-state index contributed by atoms with van der Waals surface area (Å²) in [6.07, 6.45) is 0.118. The van der Waals surface area contributed by atoms with Crippen molar-refractivity contribution >= 4 is 31.9 Å². The Bertz CT molecular complexity index is 520. The van der Waals surface area contributed by atoms with E-state index < -0.39 is 6.10 Å². The van der Waals surface area contributed by atoms with E-state index in [9.17, 15) is 5.11 Å². The van der Waals surface area contributed by atoms with Crippen LogP contribution in [-0.4, -0.2) is 5.11 Å². The lowest BCUT2D eigenvalue weighted by molar-refractivity contribution is 0.147. The standard InChI is InChI=1S/C13H12Br2O2/c1-2-11(16)13-6-5-12(17-13)9-4-3-8(14)7-10(9)15/h3-7,11,16H,2H2,1H3. The number of halogens is 2. The van der Waals surface area contributed by atoms with Crippen LogP contribution >= 0.6 is 31.9 Å². The summed E-state index contributed by atoms with van der Waals surface area (Å²) in [5.74, 6) is 1.36. The molecule has 1 N–H and O–H groups in total. The Hall–Kier alpha value is -0.580. The van der Waals surface area contributed by atoms with Crippen LogP contribution in [0, 0.1) is 0 Å². The smallest absolute Gasteiger partial charge is 0.135 e. The summed E-state index contributed by atoms with van der Waals surface area (Å²) in [6, 6.07) is 9.58. The highest BCUT2D eigenvalue weighted by Crippen LogP contribution is 2.33. The second kappa shape index (κ2) is 5.38. The molecule has 0 aliphatic carbocycles. The van der Waals surface area contributed by atoms with Gasteiger partial charge in [0.1, 0.15) is 17.6 Å². The summed E-state index contributed by atoms with van der Waals surface area (Å²) in [5.41, 5.74) is 0.975. The van der Waals surface area contributed by atoms with Crippen molar-refractivity contribution in [1.29, 1.82) is 0 Å². The second-order valence-corrected chi connectivity index (χ2v) is 5.52. The molecular formula is C13H12Br2O2.